The number of hydrogen-bond donors (Lipinski definition) is 2. The average Bonchev–Trinajstić information content (AvgIpc) is 2.96. The molecule has 0 radical (unpaired) electrons. The number of carboxylic acid groups (broad SMARTS) is 1. The fourth-order valence-corrected chi connectivity index (χ4v) is 3.25. The number of amides is 2. The summed E-state index contributed by atoms with van der Waals surface area (Å²) in [6.45, 7) is 6.90. The first kappa shape index (κ1) is 15.8. The molecule has 116 valence electrons. The number of carbonyl (C=O) groups excluding carboxylic acids is 1. The quantitative estimate of drug-likeness (QED) is 0.895. The number of aromatic nitrogens is 1. The van der Waals surface area contributed by atoms with E-state index in [0.717, 1.165) is 22.1 Å². The van der Waals surface area contributed by atoms with Gasteiger partial charge in [-0.15, -0.1) is 11.3 Å². The molecule has 21 heavy (non-hydrogen) atoms. The lowest BCUT2D eigenvalue weighted by atomic mass is 10.1. The van der Waals surface area contributed by atoms with Gasteiger partial charge in [-0.25, -0.2) is 9.78 Å². The summed E-state index contributed by atoms with van der Waals surface area (Å²) in [5.41, 5.74) is 0.912. The fourth-order valence-electron chi connectivity index (χ4n) is 2.42. The molecule has 7 heteroatoms. The van der Waals surface area contributed by atoms with Crippen LogP contribution in [0.2, 0.25) is 0 Å². The number of anilines is 1. The Morgan fingerprint density at radius 1 is 1.52 bits per heavy atom. The number of aliphatic carboxylic acids is 1. The number of nitrogens with one attached hydrogen (secondary N) is 1. The van der Waals surface area contributed by atoms with Gasteiger partial charge in [0.2, 0.25) is 0 Å². The maximum absolute atomic E-state index is 12.2. The number of hydrogen-bond acceptors (Lipinski definition) is 4. The van der Waals surface area contributed by atoms with E-state index in [2.05, 4.69) is 24.1 Å². The molecule has 1 aromatic heterocycles. The lowest BCUT2D eigenvalue weighted by Gasteiger charge is -2.16. The Hall–Kier alpha value is -1.63. The number of rotatable bonds is 4. The van der Waals surface area contributed by atoms with Crippen molar-refractivity contribution >= 4 is 28.3 Å². The van der Waals surface area contributed by atoms with Crippen molar-refractivity contribution in [2.75, 3.05) is 18.4 Å². The van der Waals surface area contributed by atoms with Crippen molar-refractivity contribution in [1.29, 1.82) is 0 Å². The van der Waals surface area contributed by atoms with Crippen LogP contribution in [0, 0.1) is 18.8 Å². The van der Waals surface area contributed by atoms with Gasteiger partial charge in [0.1, 0.15) is 5.00 Å². The topological polar surface area (TPSA) is 82.5 Å². The van der Waals surface area contributed by atoms with Crippen LogP contribution in [0.4, 0.5) is 9.80 Å². The number of carbonyl (C=O) groups is 2. The lowest BCUT2D eigenvalue weighted by molar-refractivity contribution is -0.141. The van der Waals surface area contributed by atoms with Crippen molar-refractivity contribution < 1.29 is 14.7 Å². The Morgan fingerprint density at radius 2 is 2.24 bits per heavy atom. The molecular weight excluding hydrogens is 290 g/mol. The molecule has 2 N–H and O–H groups in total. The SMILES string of the molecule is Cc1nc(CC(C)C)c(NC(=O)N2CCC(C(=O)O)C2)s1. The first-order chi connectivity index (χ1) is 9.86. The Labute approximate surface area is 128 Å². The first-order valence-electron chi connectivity index (χ1n) is 7.12. The minimum atomic E-state index is -0.834. The molecule has 6 nitrogen and oxygen atoms in total. The number of nitrogens with zero attached hydrogens (tertiary/aromatic N) is 2. The van der Waals surface area contributed by atoms with Crippen LogP contribution in [-0.2, 0) is 11.2 Å². The van der Waals surface area contributed by atoms with Crippen LogP contribution in [0.15, 0.2) is 0 Å². The highest BCUT2D eigenvalue weighted by Crippen LogP contribution is 2.27. The van der Waals surface area contributed by atoms with E-state index in [1.54, 1.807) is 4.90 Å². The first-order valence-corrected chi connectivity index (χ1v) is 7.93. The van der Waals surface area contributed by atoms with Crippen molar-refractivity contribution in [1.82, 2.24) is 9.88 Å². The summed E-state index contributed by atoms with van der Waals surface area (Å²) in [6, 6.07) is -0.229. The molecule has 0 spiro atoms. The maximum atomic E-state index is 12.2. The van der Waals surface area contributed by atoms with E-state index in [0.29, 0.717) is 18.9 Å². The lowest BCUT2D eigenvalue weighted by Crippen LogP contribution is -2.33. The molecule has 1 aromatic rings. The van der Waals surface area contributed by atoms with Gasteiger partial charge in [-0.05, 0) is 25.7 Å². The molecular formula is C14H21N3O3S. The van der Waals surface area contributed by atoms with Gasteiger partial charge in [0.15, 0.2) is 0 Å². The van der Waals surface area contributed by atoms with Gasteiger partial charge < -0.3 is 10.0 Å². The van der Waals surface area contributed by atoms with Gasteiger partial charge in [-0.2, -0.15) is 0 Å². The summed E-state index contributed by atoms with van der Waals surface area (Å²) in [5, 5.41) is 13.6. The smallest absolute Gasteiger partial charge is 0.322 e. The number of carboxylic acids is 1. The van der Waals surface area contributed by atoms with E-state index >= 15 is 0 Å². The molecule has 0 saturated carbocycles. The van der Waals surface area contributed by atoms with Crippen LogP contribution < -0.4 is 5.32 Å². The van der Waals surface area contributed by atoms with Gasteiger partial charge in [-0.1, -0.05) is 13.8 Å². The Kier molecular flexibility index (Phi) is 4.82. The highest BCUT2D eigenvalue weighted by Gasteiger charge is 2.31. The van der Waals surface area contributed by atoms with Crippen LogP contribution in [0.3, 0.4) is 0 Å². The standard InChI is InChI=1S/C14H21N3O3S/c1-8(2)6-11-12(21-9(3)15-11)16-14(20)17-5-4-10(7-17)13(18)19/h8,10H,4-7H2,1-3H3,(H,16,20)(H,18,19). The molecule has 1 unspecified atom stereocenters. The summed E-state index contributed by atoms with van der Waals surface area (Å²) in [5.74, 6) is -0.821. The Balaban J connectivity index is 2.01. The normalized spacial score (nSPS) is 18.3. The molecule has 2 rings (SSSR count). The third kappa shape index (κ3) is 3.93. The minimum absolute atomic E-state index is 0.229. The Morgan fingerprint density at radius 3 is 2.81 bits per heavy atom. The van der Waals surface area contributed by atoms with Crippen LogP contribution in [0.25, 0.3) is 0 Å². The average molecular weight is 311 g/mol. The monoisotopic (exact) mass is 311 g/mol. The van der Waals surface area contributed by atoms with Crippen LogP contribution >= 0.6 is 11.3 Å². The van der Waals surface area contributed by atoms with Crippen LogP contribution in [0.5, 0.6) is 0 Å². The molecule has 1 aliphatic heterocycles. The number of likely N-dealkylation sites (tertiary alicyclic amines) is 1. The zero-order valence-corrected chi connectivity index (χ0v) is 13.4. The third-order valence-electron chi connectivity index (χ3n) is 3.45. The molecule has 0 aromatic carbocycles. The second-order valence-electron chi connectivity index (χ2n) is 5.81. The van der Waals surface area contributed by atoms with E-state index in [4.69, 9.17) is 5.11 Å². The number of thiazole rings is 1. The number of urea groups is 1. The van der Waals surface area contributed by atoms with Gasteiger partial charge >= 0.3 is 12.0 Å². The van der Waals surface area contributed by atoms with Gasteiger partial charge in [0.05, 0.1) is 16.6 Å². The summed E-state index contributed by atoms with van der Waals surface area (Å²) < 4.78 is 0. The predicted octanol–water partition coefficient (Wildman–Crippen LogP) is 2.59. The van der Waals surface area contributed by atoms with Crippen molar-refractivity contribution in [2.45, 2.75) is 33.6 Å². The second-order valence-corrected chi connectivity index (χ2v) is 7.01. The van der Waals surface area contributed by atoms with Gasteiger partial charge in [0.25, 0.3) is 0 Å². The molecule has 2 heterocycles. The molecule has 2 amide bonds. The summed E-state index contributed by atoms with van der Waals surface area (Å²) >= 11 is 1.46. The van der Waals surface area contributed by atoms with E-state index in [1.807, 2.05) is 6.92 Å². The van der Waals surface area contributed by atoms with Crippen molar-refractivity contribution in [3.63, 3.8) is 0 Å². The minimum Gasteiger partial charge on any atom is -0.481 e. The third-order valence-corrected chi connectivity index (χ3v) is 4.38. The largest absolute Gasteiger partial charge is 0.481 e. The summed E-state index contributed by atoms with van der Waals surface area (Å²) in [7, 11) is 0. The molecule has 0 aliphatic carbocycles. The predicted molar refractivity (Wildman–Crippen MR) is 81.7 cm³/mol. The van der Waals surface area contributed by atoms with E-state index in [-0.39, 0.29) is 12.6 Å². The number of aryl methyl sites for hydroxylation is 1. The van der Waals surface area contributed by atoms with E-state index in [1.165, 1.54) is 11.3 Å². The highest BCUT2D eigenvalue weighted by atomic mass is 32.1. The van der Waals surface area contributed by atoms with Crippen LogP contribution in [-0.4, -0.2) is 40.1 Å². The summed E-state index contributed by atoms with van der Waals surface area (Å²) in [4.78, 5) is 29.2. The van der Waals surface area contributed by atoms with Crippen molar-refractivity contribution in [3.8, 4) is 0 Å². The highest BCUT2D eigenvalue weighted by molar-refractivity contribution is 7.16. The van der Waals surface area contributed by atoms with Gasteiger partial charge in [-0.3, -0.25) is 10.1 Å². The molecule has 1 aliphatic rings. The zero-order valence-electron chi connectivity index (χ0n) is 12.5. The van der Waals surface area contributed by atoms with E-state index in [9.17, 15) is 9.59 Å². The Bertz CT molecular complexity index is 542. The zero-order chi connectivity index (χ0) is 15.6. The van der Waals surface area contributed by atoms with Crippen LogP contribution in [0.1, 0.15) is 31.0 Å². The fraction of sp³-hybridized carbons (Fsp3) is 0.643. The second kappa shape index (κ2) is 6.43. The molecule has 1 atom stereocenters. The molecule has 1 fully saturated rings. The van der Waals surface area contributed by atoms with E-state index < -0.39 is 11.9 Å². The molecule has 0 bridgehead atoms. The summed E-state index contributed by atoms with van der Waals surface area (Å²) in [6.07, 6.45) is 1.33. The van der Waals surface area contributed by atoms with Crippen molar-refractivity contribution in [3.05, 3.63) is 10.7 Å². The molecule has 1 saturated heterocycles. The maximum Gasteiger partial charge on any atom is 0.322 e. The van der Waals surface area contributed by atoms with Crippen molar-refractivity contribution in [2.24, 2.45) is 11.8 Å². The van der Waals surface area contributed by atoms with Gasteiger partial charge in [0, 0.05) is 13.1 Å².